The third-order valence-corrected chi connectivity index (χ3v) is 5.22. The zero-order valence-electron chi connectivity index (χ0n) is 18.6. The second-order valence-electron chi connectivity index (χ2n) is 8.75. The predicted octanol–water partition coefficient (Wildman–Crippen LogP) is 3.13. The molecule has 1 fully saturated rings. The van der Waals surface area contributed by atoms with Gasteiger partial charge in [0.1, 0.15) is 17.6 Å². The molecule has 2 atom stereocenters. The fourth-order valence-corrected chi connectivity index (χ4v) is 3.91. The van der Waals surface area contributed by atoms with Crippen molar-refractivity contribution < 1.29 is 13.9 Å². The van der Waals surface area contributed by atoms with Gasteiger partial charge in [-0.2, -0.15) is 5.10 Å². The molecule has 1 unspecified atom stereocenters. The van der Waals surface area contributed by atoms with Crippen LogP contribution in [-0.4, -0.2) is 64.0 Å². The fraction of sp³-hybridized carbons (Fsp3) is 0.619. The van der Waals surface area contributed by atoms with E-state index in [9.17, 15) is 9.18 Å². The van der Waals surface area contributed by atoms with Crippen LogP contribution in [0.25, 0.3) is 0 Å². The Labute approximate surface area is 176 Å². The zero-order chi connectivity index (χ0) is 22.1. The molecule has 3 heterocycles. The van der Waals surface area contributed by atoms with E-state index >= 15 is 0 Å². The van der Waals surface area contributed by atoms with E-state index < -0.39 is 6.17 Å². The van der Waals surface area contributed by atoms with E-state index in [0.29, 0.717) is 17.3 Å². The Morgan fingerprint density at radius 2 is 2.13 bits per heavy atom. The van der Waals surface area contributed by atoms with E-state index in [4.69, 9.17) is 9.73 Å². The number of hydrogen-bond donors (Lipinski definition) is 1. The second-order valence-corrected chi connectivity index (χ2v) is 8.75. The highest BCUT2D eigenvalue weighted by atomic mass is 19.1. The molecule has 3 rings (SSSR count). The number of amidine groups is 1. The molecule has 9 heteroatoms. The average Bonchev–Trinajstić information content (AvgIpc) is 3.28. The number of likely N-dealkylation sites (tertiary alicyclic amines) is 1. The van der Waals surface area contributed by atoms with Crippen molar-refractivity contribution in [2.45, 2.75) is 64.7 Å². The molecule has 1 aromatic rings. The van der Waals surface area contributed by atoms with Crippen LogP contribution in [0.15, 0.2) is 27.6 Å². The number of hydrogen-bond acceptors (Lipinski definition) is 5. The zero-order valence-corrected chi connectivity index (χ0v) is 18.6. The maximum Gasteiger partial charge on any atom is 0.257 e. The summed E-state index contributed by atoms with van der Waals surface area (Å²) in [7, 11) is 3.32. The molecule has 1 saturated heterocycles. The molecule has 1 aromatic heterocycles. The summed E-state index contributed by atoms with van der Waals surface area (Å²) in [5.74, 6) is 1.51. The van der Waals surface area contributed by atoms with Crippen molar-refractivity contribution in [1.29, 1.82) is 0 Å². The highest BCUT2D eigenvalue weighted by molar-refractivity contribution is 5.99. The number of aromatic nitrogens is 2. The van der Waals surface area contributed by atoms with Gasteiger partial charge in [0.15, 0.2) is 5.82 Å². The summed E-state index contributed by atoms with van der Waals surface area (Å²) >= 11 is 0. The number of carbonyl (C=O) groups excluding carboxylic acids is 1. The molecule has 2 aliphatic heterocycles. The number of alkyl halides is 1. The molecule has 1 N–H and O–H groups in total. The van der Waals surface area contributed by atoms with Crippen LogP contribution in [0.2, 0.25) is 0 Å². The molecule has 0 saturated carbocycles. The molecule has 8 nitrogen and oxygen atoms in total. The number of ether oxygens (including phenoxy) is 1. The maximum absolute atomic E-state index is 14.0. The van der Waals surface area contributed by atoms with Crippen LogP contribution in [0.5, 0.6) is 0 Å². The number of amides is 1. The Kier molecular flexibility index (Phi) is 6.28. The van der Waals surface area contributed by atoms with Crippen molar-refractivity contribution in [2.24, 2.45) is 17.0 Å². The van der Waals surface area contributed by atoms with Crippen molar-refractivity contribution in [3.8, 4) is 0 Å². The number of methoxy groups -OCH3 is 1. The smallest absolute Gasteiger partial charge is 0.257 e. The topological polar surface area (TPSA) is 84.1 Å². The van der Waals surface area contributed by atoms with Crippen molar-refractivity contribution in [3.05, 3.63) is 23.2 Å². The van der Waals surface area contributed by atoms with E-state index in [1.165, 1.54) is 12.4 Å². The lowest BCUT2D eigenvalue weighted by Crippen LogP contribution is -2.40. The molecule has 0 aliphatic carbocycles. The first-order valence-electron chi connectivity index (χ1n) is 10.2. The van der Waals surface area contributed by atoms with Gasteiger partial charge < -0.3 is 15.0 Å². The Balaban J connectivity index is 1.90. The van der Waals surface area contributed by atoms with Gasteiger partial charge in [0, 0.05) is 37.3 Å². The van der Waals surface area contributed by atoms with E-state index in [0.717, 1.165) is 30.8 Å². The Morgan fingerprint density at radius 1 is 1.40 bits per heavy atom. The number of aliphatic imine (C=N–C) groups is 2. The minimum absolute atomic E-state index is 0.0283. The third kappa shape index (κ3) is 4.71. The lowest BCUT2D eigenvalue weighted by atomic mass is 9.98. The maximum atomic E-state index is 14.0. The SMILES string of the molecule is COC1=C([C@H]2CCCN2/C(C)=N/c2c(C(=O)NC(C)(C)C)cnn2C)CC(F)C=N1. The molecular formula is C21H31FN6O2. The molecule has 30 heavy (non-hydrogen) atoms. The van der Waals surface area contributed by atoms with E-state index in [-0.39, 0.29) is 23.9 Å². The van der Waals surface area contributed by atoms with Gasteiger partial charge in [-0.3, -0.25) is 9.48 Å². The quantitative estimate of drug-likeness (QED) is 0.601. The van der Waals surface area contributed by atoms with Crippen molar-refractivity contribution in [3.63, 3.8) is 0 Å². The van der Waals surface area contributed by atoms with Crippen molar-refractivity contribution in [2.75, 3.05) is 13.7 Å². The number of aryl methyl sites for hydroxylation is 1. The number of halogens is 1. The van der Waals surface area contributed by atoms with Gasteiger partial charge in [0.05, 0.1) is 19.3 Å². The van der Waals surface area contributed by atoms with Crippen LogP contribution in [0.1, 0.15) is 57.3 Å². The van der Waals surface area contributed by atoms with Crippen molar-refractivity contribution in [1.82, 2.24) is 20.0 Å². The molecule has 0 aromatic carbocycles. The minimum atomic E-state index is -1.11. The van der Waals surface area contributed by atoms with Gasteiger partial charge in [-0.25, -0.2) is 14.4 Å². The first kappa shape index (κ1) is 22.0. The molecule has 1 amide bonds. The van der Waals surface area contributed by atoms with Crippen LogP contribution in [0.3, 0.4) is 0 Å². The summed E-state index contributed by atoms with van der Waals surface area (Å²) in [5, 5.41) is 7.18. The molecule has 0 spiro atoms. The second kappa shape index (κ2) is 8.57. The van der Waals surface area contributed by atoms with Crippen LogP contribution in [0, 0.1) is 0 Å². The number of rotatable bonds is 4. The first-order chi connectivity index (χ1) is 14.1. The van der Waals surface area contributed by atoms with Crippen LogP contribution in [0.4, 0.5) is 10.2 Å². The Hall–Kier alpha value is -2.71. The van der Waals surface area contributed by atoms with Gasteiger partial charge in [0.2, 0.25) is 5.88 Å². The summed E-state index contributed by atoms with van der Waals surface area (Å²) in [6.07, 6.45) is 3.82. The lowest BCUT2D eigenvalue weighted by Gasteiger charge is -2.30. The van der Waals surface area contributed by atoms with Gasteiger partial charge in [-0.15, -0.1) is 0 Å². The minimum Gasteiger partial charge on any atom is -0.481 e. The highest BCUT2D eigenvalue weighted by Crippen LogP contribution is 2.33. The first-order valence-corrected chi connectivity index (χ1v) is 10.2. The summed E-state index contributed by atoms with van der Waals surface area (Å²) in [6, 6.07) is -0.0283. The van der Waals surface area contributed by atoms with Gasteiger partial charge >= 0.3 is 0 Å². The van der Waals surface area contributed by atoms with E-state index in [1.807, 2.05) is 27.7 Å². The van der Waals surface area contributed by atoms with E-state index in [1.54, 1.807) is 18.8 Å². The molecule has 2 aliphatic rings. The fourth-order valence-electron chi connectivity index (χ4n) is 3.91. The molecule has 0 radical (unpaired) electrons. The van der Waals surface area contributed by atoms with Gasteiger partial charge in [-0.05, 0) is 40.5 Å². The lowest BCUT2D eigenvalue weighted by molar-refractivity contribution is 0.0920. The predicted molar refractivity (Wildman–Crippen MR) is 115 cm³/mol. The largest absolute Gasteiger partial charge is 0.481 e. The summed E-state index contributed by atoms with van der Waals surface area (Å²) in [5.41, 5.74) is 0.914. The molecule has 164 valence electrons. The third-order valence-electron chi connectivity index (χ3n) is 5.22. The standard InChI is InChI=1S/C21H31FN6O2/c1-13(25-18-16(12-24-27(18)5)19(29)26-21(2,3)4)28-9-7-8-17(28)15-10-14(22)11-23-20(15)30-6/h11-12,14,17H,7-10H2,1-6H3,(H,26,29)/b25-13+/t14?,17-/m1/s1. The summed E-state index contributed by atoms with van der Waals surface area (Å²) in [6.45, 7) is 8.48. The van der Waals surface area contributed by atoms with Crippen LogP contribution in [-0.2, 0) is 11.8 Å². The van der Waals surface area contributed by atoms with Crippen molar-refractivity contribution >= 4 is 23.8 Å². The van der Waals surface area contributed by atoms with Gasteiger partial charge in [0.25, 0.3) is 5.91 Å². The number of nitrogens with zero attached hydrogens (tertiary/aromatic N) is 5. The number of nitrogens with one attached hydrogen (secondary N) is 1. The summed E-state index contributed by atoms with van der Waals surface area (Å²) < 4.78 is 21.0. The monoisotopic (exact) mass is 418 g/mol. The van der Waals surface area contributed by atoms with E-state index in [2.05, 4.69) is 20.3 Å². The highest BCUT2D eigenvalue weighted by Gasteiger charge is 2.34. The molecular weight excluding hydrogens is 387 g/mol. The summed E-state index contributed by atoms with van der Waals surface area (Å²) in [4.78, 5) is 23.7. The number of carbonyl (C=O) groups is 1. The van der Waals surface area contributed by atoms with Crippen LogP contribution < -0.4 is 5.32 Å². The normalized spacial score (nSPS) is 22.6. The average molecular weight is 419 g/mol. The Bertz CT molecular complexity index is 896. The Morgan fingerprint density at radius 3 is 2.80 bits per heavy atom. The van der Waals surface area contributed by atoms with Gasteiger partial charge in [-0.1, -0.05) is 0 Å². The van der Waals surface area contributed by atoms with Crippen LogP contribution >= 0.6 is 0 Å². The molecule has 0 bridgehead atoms.